The predicted octanol–water partition coefficient (Wildman–Crippen LogP) is 4.68. The molecule has 0 saturated carbocycles. The SMILES string of the molecule is COCCOc1ccc(C(F)(F)F)cc1NC(=O)c1nn(-c2ccccc2)c(=O)c2ccccc12. The number of carbonyl (C=O) groups excluding carboxylic acids is 1. The van der Waals surface area contributed by atoms with E-state index in [4.69, 9.17) is 9.47 Å². The van der Waals surface area contributed by atoms with Gasteiger partial charge in [0.15, 0.2) is 5.69 Å². The van der Waals surface area contributed by atoms with Gasteiger partial charge in [-0.25, -0.2) is 0 Å². The van der Waals surface area contributed by atoms with E-state index < -0.39 is 23.2 Å². The first kappa shape index (κ1) is 24.0. The molecule has 10 heteroatoms. The van der Waals surface area contributed by atoms with Crippen LogP contribution in [-0.2, 0) is 10.9 Å². The van der Waals surface area contributed by atoms with Crippen LogP contribution >= 0.6 is 0 Å². The summed E-state index contributed by atoms with van der Waals surface area (Å²) in [6.07, 6.45) is -4.63. The number of ether oxygens (including phenoxy) is 2. The van der Waals surface area contributed by atoms with Crippen molar-refractivity contribution in [1.29, 1.82) is 0 Å². The molecule has 1 N–H and O–H groups in total. The van der Waals surface area contributed by atoms with Crippen LogP contribution in [0, 0.1) is 0 Å². The van der Waals surface area contributed by atoms with Gasteiger partial charge in [-0.05, 0) is 36.4 Å². The zero-order valence-corrected chi connectivity index (χ0v) is 18.5. The van der Waals surface area contributed by atoms with E-state index in [0.29, 0.717) is 5.69 Å². The summed E-state index contributed by atoms with van der Waals surface area (Å²) >= 11 is 0. The molecule has 1 aromatic heterocycles. The number of rotatable bonds is 7. The molecule has 0 bridgehead atoms. The average molecular weight is 483 g/mol. The number of anilines is 1. The van der Waals surface area contributed by atoms with Gasteiger partial charge in [0.25, 0.3) is 11.5 Å². The lowest BCUT2D eigenvalue weighted by Crippen LogP contribution is -2.26. The molecule has 0 radical (unpaired) electrons. The highest BCUT2D eigenvalue weighted by atomic mass is 19.4. The monoisotopic (exact) mass is 483 g/mol. The lowest BCUT2D eigenvalue weighted by Gasteiger charge is -2.16. The number of carbonyl (C=O) groups is 1. The van der Waals surface area contributed by atoms with Gasteiger partial charge in [0.1, 0.15) is 12.4 Å². The van der Waals surface area contributed by atoms with Gasteiger partial charge < -0.3 is 14.8 Å². The molecule has 0 unspecified atom stereocenters. The molecule has 1 heterocycles. The number of para-hydroxylation sites is 1. The molecule has 0 fully saturated rings. The van der Waals surface area contributed by atoms with Crippen molar-refractivity contribution >= 4 is 22.4 Å². The summed E-state index contributed by atoms with van der Waals surface area (Å²) in [7, 11) is 1.46. The summed E-state index contributed by atoms with van der Waals surface area (Å²) in [4.78, 5) is 26.3. The smallest absolute Gasteiger partial charge is 0.416 e. The number of nitrogens with zero attached hydrogens (tertiary/aromatic N) is 2. The van der Waals surface area contributed by atoms with Gasteiger partial charge in [-0.15, -0.1) is 0 Å². The Labute approximate surface area is 197 Å². The van der Waals surface area contributed by atoms with Gasteiger partial charge in [-0.3, -0.25) is 9.59 Å². The first-order valence-electron chi connectivity index (χ1n) is 10.5. The largest absolute Gasteiger partial charge is 0.489 e. The highest BCUT2D eigenvalue weighted by Crippen LogP contribution is 2.35. The molecule has 4 rings (SSSR count). The van der Waals surface area contributed by atoms with Crippen molar-refractivity contribution in [3.05, 3.63) is 94.4 Å². The van der Waals surface area contributed by atoms with E-state index >= 15 is 0 Å². The van der Waals surface area contributed by atoms with Crippen molar-refractivity contribution in [1.82, 2.24) is 9.78 Å². The van der Waals surface area contributed by atoms with Crippen LogP contribution in [0.2, 0.25) is 0 Å². The Morgan fingerprint density at radius 2 is 1.66 bits per heavy atom. The van der Waals surface area contributed by atoms with Crippen molar-refractivity contribution in [3.63, 3.8) is 0 Å². The fourth-order valence-corrected chi connectivity index (χ4v) is 3.45. The molecular weight excluding hydrogens is 463 g/mol. The van der Waals surface area contributed by atoms with Crippen LogP contribution < -0.4 is 15.6 Å². The van der Waals surface area contributed by atoms with Gasteiger partial charge in [-0.1, -0.05) is 36.4 Å². The zero-order valence-electron chi connectivity index (χ0n) is 18.5. The van der Waals surface area contributed by atoms with E-state index in [-0.39, 0.29) is 41.1 Å². The zero-order chi connectivity index (χ0) is 25.0. The van der Waals surface area contributed by atoms with Gasteiger partial charge >= 0.3 is 6.18 Å². The maximum absolute atomic E-state index is 13.3. The topological polar surface area (TPSA) is 82.4 Å². The average Bonchev–Trinajstić information content (AvgIpc) is 2.85. The van der Waals surface area contributed by atoms with Crippen LogP contribution in [0.1, 0.15) is 16.1 Å². The van der Waals surface area contributed by atoms with Crippen molar-refractivity contribution in [2.24, 2.45) is 0 Å². The quantitative estimate of drug-likeness (QED) is 0.386. The first-order chi connectivity index (χ1) is 16.8. The Balaban J connectivity index is 1.80. The van der Waals surface area contributed by atoms with E-state index in [2.05, 4.69) is 10.4 Å². The molecule has 0 spiro atoms. The lowest BCUT2D eigenvalue weighted by molar-refractivity contribution is -0.137. The Morgan fingerprint density at radius 3 is 2.34 bits per heavy atom. The molecule has 1 amide bonds. The number of benzene rings is 3. The molecule has 35 heavy (non-hydrogen) atoms. The van der Waals surface area contributed by atoms with Crippen LogP contribution in [0.25, 0.3) is 16.5 Å². The van der Waals surface area contributed by atoms with Crippen molar-refractivity contribution in [3.8, 4) is 11.4 Å². The Morgan fingerprint density at radius 1 is 0.971 bits per heavy atom. The number of halogens is 3. The van der Waals surface area contributed by atoms with E-state index in [9.17, 15) is 22.8 Å². The second-order valence-corrected chi connectivity index (χ2v) is 7.45. The summed E-state index contributed by atoms with van der Waals surface area (Å²) < 4.78 is 51.5. The Kier molecular flexibility index (Phi) is 6.83. The Bertz CT molecular complexity index is 1420. The van der Waals surface area contributed by atoms with Crippen LogP contribution in [0.15, 0.2) is 77.6 Å². The van der Waals surface area contributed by atoms with Gasteiger partial charge in [0.2, 0.25) is 0 Å². The third kappa shape index (κ3) is 5.17. The lowest BCUT2D eigenvalue weighted by atomic mass is 10.1. The second-order valence-electron chi connectivity index (χ2n) is 7.45. The summed E-state index contributed by atoms with van der Waals surface area (Å²) in [6, 6.07) is 17.7. The molecule has 3 aromatic carbocycles. The number of hydrogen-bond acceptors (Lipinski definition) is 5. The summed E-state index contributed by atoms with van der Waals surface area (Å²) in [5.41, 5.74) is -1.29. The molecule has 4 aromatic rings. The van der Waals surface area contributed by atoms with Crippen molar-refractivity contribution < 1.29 is 27.4 Å². The number of methoxy groups -OCH3 is 1. The Hall–Kier alpha value is -4.18. The van der Waals surface area contributed by atoms with Crippen molar-refractivity contribution in [2.75, 3.05) is 25.6 Å². The molecule has 0 saturated heterocycles. The van der Waals surface area contributed by atoms with Crippen LogP contribution in [0.3, 0.4) is 0 Å². The number of aromatic nitrogens is 2. The number of nitrogens with one attached hydrogen (secondary N) is 1. The summed E-state index contributed by atoms with van der Waals surface area (Å²) in [6.45, 7) is 0.257. The molecule has 180 valence electrons. The number of amides is 1. The van der Waals surface area contributed by atoms with E-state index in [0.717, 1.165) is 22.9 Å². The van der Waals surface area contributed by atoms with Crippen LogP contribution in [0.4, 0.5) is 18.9 Å². The van der Waals surface area contributed by atoms with Crippen LogP contribution in [-0.4, -0.2) is 36.0 Å². The summed E-state index contributed by atoms with van der Waals surface area (Å²) in [5.74, 6) is -0.772. The van der Waals surface area contributed by atoms with Crippen LogP contribution in [0.5, 0.6) is 5.75 Å². The minimum atomic E-state index is -4.63. The third-order valence-corrected chi connectivity index (χ3v) is 5.12. The molecule has 0 aliphatic rings. The molecule has 0 atom stereocenters. The molecular formula is C25H20F3N3O4. The standard InChI is InChI=1S/C25H20F3N3O4/c1-34-13-14-35-21-12-11-16(25(26,27)28)15-20(21)29-23(32)22-18-9-5-6-10-19(18)24(33)31(30-22)17-7-3-2-4-8-17/h2-12,15H,13-14H2,1H3,(H,29,32). The van der Waals surface area contributed by atoms with Gasteiger partial charge in [0, 0.05) is 12.5 Å². The molecule has 0 aliphatic carbocycles. The fraction of sp³-hybridized carbons (Fsp3) is 0.160. The molecule has 0 aliphatic heterocycles. The predicted molar refractivity (Wildman–Crippen MR) is 124 cm³/mol. The minimum Gasteiger partial charge on any atom is -0.489 e. The minimum absolute atomic E-state index is 0.0316. The highest BCUT2D eigenvalue weighted by molar-refractivity contribution is 6.11. The second kappa shape index (κ2) is 9.98. The first-order valence-corrected chi connectivity index (χ1v) is 10.5. The summed E-state index contributed by atoms with van der Waals surface area (Å²) in [5, 5.41) is 7.22. The van der Waals surface area contributed by atoms with Gasteiger partial charge in [-0.2, -0.15) is 23.0 Å². The number of alkyl halides is 3. The van der Waals surface area contributed by atoms with E-state index in [1.165, 1.54) is 7.11 Å². The van der Waals surface area contributed by atoms with E-state index in [1.807, 2.05) is 0 Å². The van der Waals surface area contributed by atoms with Crippen molar-refractivity contribution in [2.45, 2.75) is 6.18 Å². The van der Waals surface area contributed by atoms with Gasteiger partial charge in [0.05, 0.1) is 28.9 Å². The number of hydrogen-bond donors (Lipinski definition) is 1. The maximum atomic E-state index is 13.3. The normalized spacial score (nSPS) is 11.4. The maximum Gasteiger partial charge on any atom is 0.416 e. The molecule has 7 nitrogen and oxygen atoms in total. The fourth-order valence-electron chi connectivity index (χ4n) is 3.45. The number of fused-ring (bicyclic) bond motifs is 1. The van der Waals surface area contributed by atoms with E-state index in [1.54, 1.807) is 54.6 Å². The highest BCUT2D eigenvalue weighted by Gasteiger charge is 2.31. The third-order valence-electron chi connectivity index (χ3n) is 5.12.